The maximum Gasteiger partial charge on any atom is 0.323 e. The number of amides is 3. The highest BCUT2D eigenvalue weighted by Crippen LogP contribution is 2.17. The Balaban J connectivity index is 1.59. The van der Waals surface area contributed by atoms with Gasteiger partial charge in [-0.1, -0.05) is 24.3 Å². The Hall–Kier alpha value is -4.20. The summed E-state index contributed by atoms with van der Waals surface area (Å²) in [7, 11) is 0. The second-order valence-corrected chi connectivity index (χ2v) is 5.78. The number of hydrogen-bond donors (Lipinski definition) is 3. The van der Waals surface area contributed by atoms with Crippen LogP contribution in [-0.4, -0.2) is 16.9 Å². The Labute approximate surface area is 160 Å². The van der Waals surface area contributed by atoms with E-state index in [1.807, 2.05) is 18.2 Å². The van der Waals surface area contributed by atoms with Crippen LogP contribution in [0.15, 0.2) is 78.9 Å². The lowest BCUT2D eigenvalue weighted by Gasteiger charge is -2.09. The third-order valence-corrected chi connectivity index (χ3v) is 3.75. The molecule has 0 aliphatic heterocycles. The maximum absolute atomic E-state index is 12.2. The van der Waals surface area contributed by atoms with Gasteiger partial charge in [0.25, 0.3) is 11.6 Å². The molecular formula is C20H16N4O4. The molecule has 0 radical (unpaired) electrons. The molecular weight excluding hydrogens is 360 g/mol. The largest absolute Gasteiger partial charge is 0.323 e. The first kappa shape index (κ1) is 18.6. The lowest BCUT2D eigenvalue weighted by molar-refractivity contribution is -0.384. The van der Waals surface area contributed by atoms with Crippen molar-refractivity contribution in [2.45, 2.75) is 0 Å². The molecule has 8 nitrogen and oxygen atoms in total. The van der Waals surface area contributed by atoms with Crippen molar-refractivity contribution in [3.8, 4) is 0 Å². The monoisotopic (exact) mass is 376 g/mol. The molecule has 140 valence electrons. The van der Waals surface area contributed by atoms with Gasteiger partial charge in [0.15, 0.2) is 0 Å². The summed E-state index contributed by atoms with van der Waals surface area (Å²) in [6.07, 6.45) is 0. The summed E-state index contributed by atoms with van der Waals surface area (Å²) < 4.78 is 0. The second kappa shape index (κ2) is 8.45. The molecule has 3 rings (SSSR count). The summed E-state index contributed by atoms with van der Waals surface area (Å²) in [6.45, 7) is 0. The van der Waals surface area contributed by atoms with Crippen LogP contribution < -0.4 is 16.0 Å². The fraction of sp³-hybridized carbons (Fsp3) is 0. The Morgan fingerprint density at radius 3 is 1.89 bits per heavy atom. The first-order valence-electron chi connectivity index (χ1n) is 8.30. The molecule has 3 amide bonds. The summed E-state index contributed by atoms with van der Waals surface area (Å²) in [5.74, 6) is -0.466. The molecule has 3 aromatic rings. The molecule has 3 aromatic carbocycles. The number of urea groups is 1. The van der Waals surface area contributed by atoms with Gasteiger partial charge in [-0.3, -0.25) is 14.9 Å². The topological polar surface area (TPSA) is 113 Å². The van der Waals surface area contributed by atoms with Crippen LogP contribution in [0.1, 0.15) is 10.4 Å². The standard InChI is InChI=1S/C20H16N4O4/c25-19(14-5-4-8-18(13-14)24(27)28)21-16-9-11-17(12-10-16)23-20(26)22-15-6-2-1-3-7-15/h1-13H,(H,21,25)(H2,22,23,26). The Kier molecular flexibility index (Phi) is 5.61. The zero-order valence-electron chi connectivity index (χ0n) is 14.6. The zero-order chi connectivity index (χ0) is 19.9. The number of nitro groups is 1. The Bertz CT molecular complexity index is 1000. The van der Waals surface area contributed by atoms with Crippen LogP contribution in [0, 0.1) is 10.1 Å². The third kappa shape index (κ3) is 4.92. The van der Waals surface area contributed by atoms with Crippen molar-refractivity contribution in [1.29, 1.82) is 0 Å². The van der Waals surface area contributed by atoms with Gasteiger partial charge in [-0.15, -0.1) is 0 Å². The van der Waals surface area contributed by atoms with Crippen LogP contribution >= 0.6 is 0 Å². The van der Waals surface area contributed by atoms with Gasteiger partial charge in [-0.25, -0.2) is 4.79 Å². The van der Waals surface area contributed by atoms with Gasteiger partial charge in [0.1, 0.15) is 0 Å². The fourth-order valence-electron chi connectivity index (χ4n) is 2.42. The lowest BCUT2D eigenvalue weighted by atomic mass is 10.2. The van der Waals surface area contributed by atoms with Crippen molar-refractivity contribution >= 4 is 34.7 Å². The van der Waals surface area contributed by atoms with E-state index in [9.17, 15) is 19.7 Å². The zero-order valence-corrected chi connectivity index (χ0v) is 14.6. The van der Waals surface area contributed by atoms with Crippen LogP contribution in [-0.2, 0) is 0 Å². The van der Waals surface area contributed by atoms with Crippen molar-refractivity contribution in [1.82, 2.24) is 0 Å². The number of nitrogens with zero attached hydrogens (tertiary/aromatic N) is 1. The molecule has 0 atom stereocenters. The minimum Gasteiger partial charge on any atom is -0.322 e. The first-order valence-corrected chi connectivity index (χ1v) is 8.30. The highest BCUT2D eigenvalue weighted by Gasteiger charge is 2.11. The van der Waals surface area contributed by atoms with Gasteiger partial charge < -0.3 is 16.0 Å². The molecule has 8 heteroatoms. The molecule has 0 bridgehead atoms. The number of hydrogen-bond acceptors (Lipinski definition) is 4. The SMILES string of the molecule is O=C(Nc1ccccc1)Nc1ccc(NC(=O)c2cccc([N+](=O)[O-])c2)cc1. The molecule has 3 N–H and O–H groups in total. The molecule has 0 heterocycles. The van der Waals surface area contributed by atoms with E-state index < -0.39 is 10.8 Å². The highest BCUT2D eigenvalue weighted by molar-refractivity contribution is 6.05. The van der Waals surface area contributed by atoms with E-state index in [0.29, 0.717) is 17.1 Å². The normalized spacial score (nSPS) is 10.0. The van der Waals surface area contributed by atoms with Crippen LogP contribution in [0.3, 0.4) is 0 Å². The van der Waals surface area contributed by atoms with Gasteiger partial charge in [0, 0.05) is 34.8 Å². The van der Waals surface area contributed by atoms with E-state index in [1.54, 1.807) is 36.4 Å². The number of rotatable bonds is 5. The van der Waals surface area contributed by atoms with Gasteiger partial charge in [-0.2, -0.15) is 0 Å². The van der Waals surface area contributed by atoms with Crippen LogP contribution in [0.2, 0.25) is 0 Å². The molecule has 0 unspecified atom stereocenters. The van der Waals surface area contributed by atoms with Gasteiger partial charge in [0.2, 0.25) is 0 Å². The number of non-ortho nitro benzene ring substituents is 1. The number of carbonyl (C=O) groups is 2. The minimum absolute atomic E-state index is 0.156. The summed E-state index contributed by atoms with van der Waals surface area (Å²) in [4.78, 5) is 34.5. The van der Waals surface area contributed by atoms with E-state index in [1.165, 1.54) is 24.3 Å². The summed E-state index contributed by atoms with van der Waals surface area (Å²) in [6, 6.07) is 20.6. The predicted molar refractivity (Wildman–Crippen MR) is 107 cm³/mol. The molecule has 0 saturated carbocycles. The number of benzene rings is 3. The number of carbonyl (C=O) groups excluding carboxylic acids is 2. The Morgan fingerprint density at radius 1 is 0.714 bits per heavy atom. The smallest absolute Gasteiger partial charge is 0.322 e. The van der Waals surface area contributed by atoms with Crippen molar-refractivity contribution in [3.05, 3.63) is 94.5 Å². The molecule has 0 spiro atoms. The third-order valence-electron chi connectivity index (χ3n) is 3.75. The van der Waals surface area contributed by atoms with E-state index in [-0.39, 0.29) is 17.3 Å². The number of nitro benzene ring substituents is 1. The quantitative estimate of drug-likeness (QED) is 0.450. The molecule has 28 heavy (non-hydrogen) atoms. The number of para-hydroxylation sites is 1. The van der Waals surface area contributed by atoms with Crippen molar-refractivity contribution in [3.63, 3.8) is 0 Å². The molecule has 0 aliphatic carbocycles. The lowest BCUT2D eigenvalue weighted by Crippen LogP contribution is -2.19. The van der Waals surface area contributed by atoms with E-state index in [2.05, 4.69) is 16.0 Å². The van der Waals surface area contributed by atoms with Crippen LogP contribution in [0.5, 0.6) is 0 Å². The number of nitrogens with one attached hydrogen (secondary N) is 3. The fourth-order valence-corrected chi connectivity index (χ4v) is 2.42. The number of anilines is 3. The molecule has 0 aliphatic rings. The van der Waals surface area contributed by atoms with Crippen molar-refractivity contribution < 1.29 is 14.5 Å². The second-order valence-electron chi connectivity index (χ2n) is 5.78. The molecule has 0 saturated heterocycles. The van der Waals surface area contributed by atoms with Crippen molar-refractivity contribution in [2.75, 3.05) is 16.0 Å². The predicted octanol–water partition coefficient (Wildman–Crippen LogP) is 4.49. The molecule has 0 fully saturated rings. The average molecular weight is 376 g/mol. The van der Waals surface area contributed by atoms with Crippen LogP contribution in [0.25, 0.3) is 0 Å². The maximum atomic E-state index is 12.2. The average Bonchev–Trinajstić information content (AvgIpc) is 2.70. The van der Waals surface area contributed by atoms with Crippen LogP contribution in [0.4, 0.5) is 27.5 Å². The van der Waals surface area contributed by atoms with Gasteiger partial charge in [-0.05, 0) is 42.5 Å². The summed E-state index contributed by atoms with van der Waals surface area (Å²) in [5.41, 5.74) is 1.73. The summed E-state index contributed by atoms with van der Waals surface area (Å²) >= 11 is 0. The van der Waals surface area contributed by atoms with Gasteiger partial charge >= 0.3 is 6.03 Å². The van der Waals surface area contributed by atoms with Crippen molar-refractivity contribution in [2.24, 2.45) is 0 Å². The van der Waals surface area contributed by atoms with Gasteiger partial charge in [0.05, 0.1) is 4.92 Å². The first-order chi connectivity index (χ1) is 13.5. The summed E-state index contributed by atoms with van der Waals surface area (Å²) in [5, 5.41) is 18.8. The Morgan fingerprint density at radius 2 is 1.29 bits per heavy atom. The highest BCUT2D eigenvalue weighted by atomic mass is 16.6. The molecule has 0 aromatic heterocycles. The van der Waals surface area contributed by atoms with E-state index in [4.69, 9.17) is 0 Å². The van der Waals surface area contributed by atoms with E-state index in [0.717, 1.165) is 0 Å². The van der Waals surface area contributed by atoms with E-state index >= 15 is 0 Å². The minimum atomic E-state index is -0.558.